The summed E-state index contributed by atoms with van der Waals surface area (Å²) in [5.74, 6) is 1.00. The van der Waals surface area contributed by atoms with Crippen molar-refractivity contribution in [1.29, 1.82) is 0 Å². The maximum Gasteiger partial charge on any atom is 0.492 e. The molecule has 68 valence electrons. The van der Waals surface area contributed by atoms with Gasteiger partial charge in [0.15, 0.2) is 11.6 Å². The minimum atomic E-state index is -1.52. The number of hydrogen-bond acceptors (Lipinski definition) is 5. The van der Waals surface area contributed by atoms with E-state index >= 15 is 0 Å². The molecule has 5 nitrogen and oxygen atoms in total. The van der Waals surface area contributed by atoms with Crippen molar-refractivity contribution in [1.82, 2.24) is 4.98 Å². The average molecular weight is 180 g/mol. The van der Waals surface area contributed by atoms with Crippen LogP contribution in [0.15, 0.2) is 12.3 Å². The summed E-state index contributed by atoms with van der Waals surface area (Å²) in [4.78, 5) is 4.00. The fraction of sp³-hybridized carbons (Fsp3) is 0.286. The van der Waals surface area contributed by atoms with Gasteiger partial charge >= 0.3 is 7.12 Å². The molecule has 1 aromatic rings. The van der Waals surface area contributed by atoms with Crippen molar-refractivity contribution in [2.75, 3.05) is 18.5 Å². The van der Waals surface area contributed by atoms with Gasteiger partial charge < -0.3 is 20.1 Å². The fourth-order valence-corrected chi connectivity index (χ4v) is 1.27. The van der Waals surface area contributed by atoms with Gasteiger partial charge in [-0.2, -0.15) is 0 Å². The molecular formula is C7H9BN2O3. The highest BCUT2D eigenvalue weighted by Crippen LogP contribution is 2.21. The minimum absolute atomic E-state index is 0.345. The molecule has 1 aliphatic heterocycles. The number of hydrogen-bond donors (Lipinski definition) is 3. The lowest BCUT2D eigenvalue weighted by molar-refractivity contribution is 0.321. The third-order valence-electron chi connectivity index (χ3n) is 1.85. The predicted molar refractivity (Wildman–Crippen MR) is 48.0 cm³/mol. The zero-order chi connectivity index (χ0) is 9.26. The van der Waals surface area contributed by atoms with Crippen LogP contribution < -0.4 is 15.5 Å². The maximum atomic E-state index is 9.00. The van der Waals surface area contributed by atoms with E-state index in [1.807, 2.05) is 0 Å². The van der Waals surface area contributed by atoms with Crippen LogP contribution in [0.25, 0.3) is 0 Å². The fourth-order valence-electron chi connectivity index (χ4n) is 1.27. The molecule has 6 heteroatoms. The Bertz CT molecular complexity index is 319. The molecule has 13 heavy (non-hydrogen) atoms. The number of pyridine rings is 1. The molecule has 1 aromatic heterocycles. The lowest BCUT2D eigenvalue weighted by atomic mass is 9.80. The van der Waals surface area contributed by atoms with E-state index in [9.17, 15) is 0 Å². The molecular weight excluding hydrogens is 171 g/mol. The summed E-state index contributed by atoms with van der Waals surface area (Å²) >= 11 is 0. The van der Waals surface area contributed by atoms with Crippen molar-refractivity contribution in [3.05, 3.63) is 12.3 Å². The van der Waals surface area contributed by atoms with Crippen molar-refractivity contribution in [2.24, 2.45) is 0 Å². The van der Waals surface area contributed by atoms with E-state index in [1.165, 1.54) is 12.3 Å². The highest BCUT2D eigenvalue weighted by atomic mass is 16.5. The molecule has 0 radical (unpaired) electrons. The van der Waals surface area contributed by atoms with Gasteiger partial charge in [-0.05, 0) is 6.07 Å². The second kappa shape index (κ2) is 3.23. The van der Waals surface area contributed by atoms with Crippen LogP contribution in [0.2, 0.25) is 0 Å². The number of anilines is 1. The zero-order valence-electron chi connectivity index (χ0n) is 6.90. The molecule has 0 atom stereocenters. The Labute approximate surface area is 75.5 Å². The summed E-state index contributed by atoms with van der Waals surface area (Å²) in [6.07, 6.45) is 1.51. The van der Waals surface area contributed by atoms with E-state index in [-0.39, 0.29) is 0 Å². The summed E-state index contributed by atoms with van der Waals surface area (Å²) < 4.78 is 5.27. The van der Waals surface area contributed by atoms with Gasteiger partial charge in [-0.1, -0.05) is 0 Å². The Kier molecular flexibility index (Phi) is 2.07. The smallest absolute Gasteiger partial charge is 0.488 e. The van der Waals surface area contributed by atoms with Crippen LogP contribution >= 0.6 is 0 Å². The van der Waals surface area contributed by atoms with E-state index in [0.717, 1.165) is 0 Å². The van der Waals surface area contributed by atoms with Crippen LogP contribution in [0.3, 0.4) is 0 Å². The minimum Gasteiger partial charge on any atom is -0.488 e. The van der Waals surface area contributed by atoms with Crippen molar-refractivity contribution in [3.8, 4) is 5.75 Å². The van der Waals surface area contributed by atoms with Gasteiger partial charge in [0.25, 0.3) is 0 Å². The van der Waals surface area contributed by atoms with Gasteiger partial charge in [0, 0.05) is 11.7 Å². The lowest BCUT2D eigenvalue weighted by Crippen LogP contribution is -2.34. The van der Waals surface area contributed by atoms with E-state index in [0.29, 0.717) is 30.2 Å². The number of ether oxygens (including phenoxy) is 1. The van der Waals surface area contributed by atoms with Crippen LogP contribution in [0.4, 0.5) is 5.82 Å². The quantitative estimate of drug-likeness (QED) is 0.461. The summed E-state index contributed by atoms with van der Waals surface area (Å²) in [5.41, 5.74) is 0.345. The first kappa shape index (κ1) is 8.34. The summed E-state index contributed by atoms with van der Waals surface area (Å²) in [7, 11) is -1.52. The molecule has 0 spiro atoms. The lowest BCUT2D eigenvalue weighted by Gasteiger charge is -2.20. The SMILES string of the molecule is OB(O)c1ccnc2c1OCCN2. The van der Waals surface area contributed by atoms with Gasteiger partial charge in [-0.25, -0.2) is 4.98 Å². The predicted octanol–water partition coefficient (Wildman–Crippen LogP) is -1.43. The molecule has 2 rings (SSSR count). The van der Waals surface area contributed by atoms with Gasteiger partial charge in [0.2, 0.25) is 0 Å². The topological polar surface area (TPSA) is 74.6 Å². The van der Waals surface area contributed by atoms with E-state index in [2.05, 4.69) is 10.3 Å². The highest BCUT2D eigenvalue weighted by molar-refractivity contribution is 6.60. The largest absolute Gasteiger partial charge is 0.492 e. The zero-order valence-corrected chi connectivity index (χ0v) is 6.90. The monoisotopic (exact) mass is 180 g/mol. The maximum absolute atomic E-state index is 9.00. The molecule has 2 heterocycles. The summed E-state index contributed by atoms with van der Waals surface area (Å²) in [5, 5.41) is 21.0. The molecule has 0 saturated heterocycles. The van der Waals surface area contributed by atoms with Crippen molar-refractivity contribution >= 4 is 18.4 Å². The molecule has 0 amide bonds. The van der Waals surface area contributed by atoms with Gasteiger partial charge in [0.1, 0.15) is 6.61 Å². The van der Waals surface area contributed by atoms with Crippen molar-refractivity contribution in [2.45, 2.75) is 0 Å². The van der Waals surface area contributed by atoms with Crippen LogP contribution in [-0.4, -0.2) is 35.3 Å². The highest BCUT2D eigenvalue weighted by Gasteiger charge is 2.22. The number of aromatic nitrogens is 1. The summed E-state index contributed by atoms with van der Waals surface area (Å²) in [6, 6.07) is 1.52. The van der Waals surface area contributed by atoms with E-state index < -0.39 is 7.12 Å². The molecule has 3 N–H and O–H groups in total. The number of rotatable bonds is 1. The third-order valence-corrected chi connectivity index (χ3v) is 1.85. The third kappa shape index (κ3) is 1.45. The number of nitrogens with zero attached hydrogens (tertiary/aromatic N) is 1. The normalized spacial score (nSPS) is 14.0. The molecule has 0 bridgehead atoms. The average Bonchev–Trinajstić information content (AvgIpc) is 2.17. The van der Waals surface area contributed by atoms with E-state index in [1.54, 1.807) is 0 Å². The Morgan fingerprint density at radius 3 is 3.15 bits per heavy atom. The van der Waals surface area contributed by atoms with Gasteiger partial charge in [-0.15, -0.1) is 0 Å². The first-order valence-electron chi connectivity index (χ1n) is 4.01. The first-order valence-corrected chi connectivity index (χ1v) is 4.01. The molecule has 0 saturated carbocycles. The Morgan fingerprint density at radius 1 is 1.54 bits per heavy atom. The molecule has 0 unspecified atom stereocenters. The van der Waals surface area contributed by atoms with Crippen molar-refractivity contribution in [3.63, 3.8) is 0 Å². The van der Waals surface area contributed by atoms with Crippen LogP contribution in [0, 0.1) is 0 Å². The molecule has 1 aliphatic rings. The standard InChI is InChI=1S/C7H9BN2O3/c11-8(12)5-1-2-9-7-6(5)13-4-3-10-7/h1-2,11-12H,3-4H2,(H,9,10). The second-order valence-electron chi connectivity index (χ2n) is 2.73. The molecule has 0 aromatic carbocycles. The number of fused-ring (bicyclic) bond motifs is 1. The Morgan fingerprint density at radius 2 is 2.38 bits per heavy atom. The Hall–Kier alpha value is -1.27. The molecule has 0 aliphatic carbocycles. The van der Waals surface area contributed by atoms with Crippen LogP contribution in [-0.2, 0) is 0 Å². The van der Waals surface area contributed by atoms with Crippen LogP contribution in [0.5, 0.6) is 5.75 Å². The Balaban J connectivity index is 2.46. The van der Waals surface area contributed by atoms with Gasteiger partial charge in [-0.3, -0.25) is 0 Å². The summed E-state index contributed by atoms with van der Waals surface area (Å²) in [6.45, 7) is 1.20. The van der Waals surface area contributed by atoms with E-state index in [4.69, 9.17) is 14.8 Å². The van der Waals surface area contributed by atoms with Crippen molar-refractivity contribution < 1.29 is 14.8 Å². The first-order chi connectivity index (χ1) is 6.29. The van der Waals surface area contributed by atoms with Crippen LogP contribution in [0.1, 0.15) is 0 Å². The second-order valence-corrected chi connectivity index (χ2v) is 2.73. The van der Waals surface area contributed by atoms with Gasteiger partial charge in [0.05, 0.1) is 6.54 Å². The number of nitrogens with one attached hydrogen (secondary N) is 1. The molecule has 0 fully saturated rings.